The summed E-state index contributed by atoms with van der Waals surface area (Å²) in [5.41, 5.74) is 9.34. The predicted molar refractivity (Wildman–Crippen MR) is 124 cm³/mol. The highest BCUT2D eigenvalue weighted by Gasteiger charge is 2.53. The Morgan fingerprint density at radius 3 is 2.50 bits per heavy atom. The lowest BCUT2D eigenvalue weighted by molar-refractivity contribution is -0.0411. The number of hydrogen-bond acceptors (Lipinski definition) is 2. The van der Waals surface area contributed by atoms with Crippen molar-refractivity contribution in [3.63, 3.8) is 0 Å². The molecule has 0 atom stereocenters. The zero-order valence-electron chi connectivity index (χ0n) is 18.4. The van der Waals surface area contributed by atoms with Crippen LogP contribution in [-0.2, 0) is 6.42 Å². The van der Waals surface area contributed by atoms with Crippen LogP contribution in [0.4, 0.5) is 0 Å². The third-order valence-corrected chi connectivity index (χ3v) is 7.12. The molecule has 5 rings (SSSR count). The van der Waals surface area contributed by atoms with Crippen molar-refractivity contribution in [3.05, 3.63) is 89.3 Å². The first-order chi connectivity index (χ1) is 14.5. The Labute approximate surface area is 180 Å². The fourth-order valence-corrected chi connectivity index (χ4v) is 5.49. The van der Waals surface area contributed by atoms with Gasteiger partial charge in [-0.3, -0.25) is 0 Å². The lowest BCUT2D eigenvalue weighted by Crippen LogP contribution is -2.60. The second-order valence-corrected chi connectivity index (χ2v) is 9.33. The van der Waals surface area contributed by atoms with Gasteiger partial charge in [0.05, 0.1) is 11.4 Å². The smallest absolute Gasteiger partial charge is 0.0678 e. The standard InChI is InChI=1S/C27H31N3/c1-5-22-11-7-8-12-24(22)21(4)29-17-27(18-29)15-23(16-27)26-14-20(3)28-30(26)25-13-9-6-10-19(25)2/h6-14,23H,4-5,15-18H2,1-3H3. The zero-order valence-corrected chi connectivity index (χ0v) is 18.4. The van der Waals surface area contributed by atoms with Gasteiger partial charge in [-0.2, -0.15) is 5.10 Å². The first kappa shape index (κ1) is 19.2. The van der Waals surface area contributed by atoms with E-state index in [0.717, 1.165) is 25.2 Å². The molecule has 1 aliphatic heterocycles. The summed E-state index contributed by atoms with van der Waals surface area (Å²) in [7, 11) is 0. The van der Waals surface area contributed by atoms with Gasteiger partial charge in [-0.25, -0.2) is 4.68 Å². The van der Waals surface area contributed by atoms with Gasteiger partial charge in [-0.05, 0) is 56.4 Å². The minimum Gasteiger partial charge on any atom is -0.370 e. The van der Waals surface area contributed by atoms with Gasteiger partial charge >= 0.3 is 0 Å². The van der Waals surface area contributed by atoms with Crippen molar-refractivity contribution in [3.8, 4) is 5.69 Å². The van der Waals surface area contributed by atoms with E-state index in [-0.39, 0.29) is 0 Å². The molecule has 3 aromatic rings. The fourth-order valence-electron chi connectivity index (χ4n) is 5.49. The van der Waals surface area contributed by atoms with Crippen LogP contribution < -0.4 is 0 Å². The predicted octanol–water partition coefficient (Wildman–Crippen LogP) is 5.90. The fraction of sp³-hybridized carbons (Fsp3) is 0.370. The van der Waals surface area contributed by atoms with E-state index in [0.29, 0.717) is 11.3 Å². The molecule has 1 spiro atoms. The van der Waals surface area contributed by atoms with Gasteiger partial charge in [-0.15, -0.1) is 0 Å². The molecule has 1 saturated carbocycles. The average Bonchev–Trinajstić information content (AvgIpc) is 3.07. The largest absolute Gasteiger partial charge is 0.370 e. The summed E-state index contributed by atoms with van der Waals surface area (Å²) < 4.78 is 2.19. The Balaban J connectivity index is 1.28. The molecule has 1 aromatic heterocycles. The van der Waals surface area contributed by atoms with E-state index >= 15 is 0 Å². The second-order valence-electron chi connectivity index (χ2n) is 9.33. The van der Waals surface area contributed by atoms with Crippen LogP contribution in [0.25, 0.3) is 11.4 Å². The molecule has 2 aliphatic rings. The van der Waals surface area contributed by atoms with Crippen molar-refractivity contribution < 1.29 is 0 Å². The summed E-state index contributed by atoms with van der Waals surface area (Å²) in [4.78, 5) is 2.48. The Bertz CT molecular complexity index is 1090. The normalized spacial score (nSPS) is 17.6. The number of benzene rings is 2. The molecule has 0 amide bonds. The molecular formula is C27H31N3. The number of nitrogens with zero attached hydrogens (tertiary/aromatic N) is 3. The summed E-state index contributed by atoms with van der Waals surface area (Å²) in [5, 5.41) is 4.83. The number of hydrogen-bond donors (Lipinski definition) is 0. The molecule has 0 N–H and O–H groups in total. The third-order valence-electron chi connectivity index (χ3n) is 7.12. The average molecular weight is 398 g/mol. The van der Waals surface area contributed by atoms with E-state index in [4.69, 9.17) is 5.10 Å². The molecule has 30 heavy (non-hydrogen) atoms. The van der Waals surface area contributed by atoms with Gasteiger partial charge in [0.1, 0.15) is 0 Å². The van der Waals surface area contributed by atoms with Crippen LogP contribution in [0.1, 0.15) is 53.8 Å². The van der Waals surface area contributed by atoms with Crippen LogP contribution in [0.2, 0.25) is 0 Å². The number of para-hydroxylation sites is 1. The van der Waals surface area contributed by atoms with Crippen LogP contribution in [0, 0.1) is 19.3 Å². The summed E-state index contributed by atoms with van der Waals surface area (Å²) in [6, 6.07) is 19.5. The SMILES string of the molecule is C=C(c1ccccc1CC)N1CC2(CC(c3cc(C)nn3-c3ccccc3C)C2)C1. The minimum absolute atomic E-state index is 0.462. The lowest BCUT2D eigenvalue weighted by Gasteiger charge is -2.60. The maximum Gasteiger partial charge on any atom is 0.0678 e. The number of rotatable bonds is 5. The summed E-state index contributed by atoms with van der Waals surface area (Å²) in [6.45, 7) is 13.2. The van der Waals surface area contributed by atoms with Gasteiger partial charge < -0.3 is 4.90 Å². The molecule has 0 radical (unpaired) electrons. The van der Waals surface area contributed by atoms with E-state index in [1.807, 2.05) is 0 Å². The molecular weight excluding hydrogens is 366 g/mol. The Kier molecular flexibility index (Phi) is 4.57. The summed E-state index contributed by atoms with van der Waals surface area (Å²) >= 11 is 0. The van der Waals surface area contributed by atoms with Crippen LogP contribution >= 0.6 is 0 Å². The monoisotopic (exact) mass is 397 g/mol. The molecule has 0 bridgehead atoms. The molecule has 1 saturated heterocycles. The highest BCUT2D eigenvalue weighted by Crippen LogP contribution is 2.57. The molecule has 1 aliphatic carbocycles. The van der Waals surface area contributed by atoms with E-state index in [9.17, 15) is 0 Å². The van der Waals surface area contributed by atoms with Gasteiger partial charge in [0.2, 0.25) is 0 Å². The van der Waals surface area contributed by atoms with Crippen LogP contribution in [0.5, 0.6) is 0 Å². The van der Waals surface area contributed by atoms with Crippen molar-refractivity contribution in [2.75, 3.05) is 13.1 Å². The maximum absolute atomic E-state index is 4.83. The van der Waals surface area contributed by atoms with Crippen LogP contribution in [-0.4, -0.2) is 27.8 Å². The van der Waals surface area contributed by atoms with Gasteiger partial charge in [0, 0.05) is 41.4 Å². The van der Waals surface area contributed by atoms with E-state index in [2.05, 4.69) is 91.5 Å². The number of aryl methyl sites for hydroxylation is 3. The first-order valence-electron chi connectivity index (χ1n) is 11.1. The molecule has 0 unspecified atom stereocenters. The first-order valence-corrected chi connectivity index (χ1v) is 11.1. The van der Waals surface area contributed by atoms with Crippen LogP contribution in [0.3, 0.4) is 0 Å². The van der Waals surface area contributed by atoms with E-state index in [1.165, 1.54) is 46.6 Å². The van der Waals surface area contributed by atoms with Crippen molar-refractivity contribution >= 4 is 5.70 Å². The van der Waals surface area contributed by atoms with Crippen molar-refractivity contribution in [1.82, 2.24) is 14.7 Å². The second kappa shape index (κ2) is 7.16. The van der Waals surface area contributed by atoms with Gasteiger partial charge in [0.25, 0.3) is 0 Å². The van der Waals surface area contributed by atoms with Crippen molar-refractivity contribution in [2.45, 2.75) is 46.0 Å². The van der Waals surface area contributed by atoms with Crippen LogP contribution in [0.15, 0.2) is 61.2 Å². The summed E-state index contributed by atoms with van der Waals surface area (Å²) in [6.07, 6.45) is 3.56. The Morgan fingerprint density at radius 2 is 1.77 bits per heavy atom. The lowest BCUT2D eigenvalue weighted by atomic mass is 9.56. The highest BCUT2D eigenvalue weighted by atomic mass is 15.3. The van der Waals surface area contributed by atoms with Gasteiger partial charge in [-0.1, -0.05) is 56.0 Å². The summed E-state index contributed by atoms with van der Waals surface area (Å²) in [5.74, 6) is 0.601. The molecule has 154 valence electrons. The number of aromatic nitrogens is 2. The molecule has 2 fully saturated rings. The van der Waals surface area contributed by atoms with Gasteiger partial charge in [0.15, 0.2) is 0 Å². The molecule has 2 heterocycles. The quantitative estimate of drug-likeness (QED) is 0.534. The van der Waals surface area contributed by atoms with E-state index in [1.54, 1.807) is 0 Å². The topological polar surface area (TPSA) is 21.1 Å². The zero-order chi connectivity index (χ0) is 20.9. The molecule has 3 heteroatoms. The third kappa shape index (κ3) is 3.08. The molecule has 2 aromatic carbocycles. The highest BCUT2D eigenvalue weighted by molar-refractivity contribution is 5.66. The Hall–Kier alpha value is -2.81. The maximum atomic E-state index is 4.83. The minimum atomic E-state index is 0.462. The number of likely N-dealkylation sites (tertiary alicyclic amines) is 1. The van der Waals surface area contributed by atoms with Crippen molar-refractivity contribution in [2.24, 2.45) is 5.41 Å². The van der Waals surface area contributed by atoms with Crippen molar-refractivity contribution in [1.29, 1.82) is 0 Å². The Morgan fingerprint density at radius 1 is 1.07 bits per heavy atom. The molecule has 3 nitrogen and oxygen atoms in total. The van der Waals surface area contributed by atoms with E-state index < -0.39 is 0 Å².